The van der Waals surface area contributed by atoms with Gasteiger partial charge < -0.3 is 29.2 Å². The van der Waals surface area contributed by atoms with Crippen molar-refractivity contribution in [1.29, 1.82) is 0 Å². The van der Waals surface area contributed by atoms with Gasteiger partial charge in [-0.3, -0.25) is 14.4 Å². The summed E-state index contributed by atoms with van der Waals surface area (Å²) in [5.74, 6) is -0.995. The number of carbonyl (C=O) groups is 3. The van der Waals surface area contributed by atoms with E-state index in [1.165, 1.54) is 25.3 Å². The summed E-state index contributed by atoms with van der Waals surface area (Å²) in [4.78, 5) is 40.8. The first-order valence-corrected chi connectivity index (χ1v) is 16.9. The first-order valence-electron chi connectivity index (χ1n) is 15.5. The minimum atomic E-state index is -4.45. The van der Waals surface area contributed by atoms with Crippen LogP contribution >= 0.6 is 0 Å². The summed E-state index contributed by atoms with van der Waals surface area (Å²) in [5, 5.41) is 2.86. The van der Waals surface area contributed by atoms with Crippen LogP contribution < -0.4 is 14.4 Å². The van der Waals surface area contributed by atoms with E-state index in [2.05, 4.69) is 5.32 Å². The second-order valence-electron chi connectivity index (χ2n) is 13.0. The molecule has 0 bridgehead atoms. The van der Waals surface area contributed by atoms with Crippen LogP contribution in [-0.2, 0) is 45.8 Å². The maximum Gasteiger partial charge on any atom is 0.274 e. The standard InChI is InChI=1S/C33H43N3O9S/c1-32(2,3)34-30(38)23-7-9-28(27(19-23)43-5)46(40,41)36-26-8-6-22(20-42-4)18-25(26)33(31(36)39)12-10-24(11-13-33)45-17-15-35-14-16-44-21-29(35)37/h6-9,18-19,24H,10-17,20-21H2,1-5H3,(H,34,38). The molecule has 0 aromatic heterocycles. The molecule has 2 fully saturated rings. The number of methoxy groups -OCH3 is 2. The van der Waals surface area contributed by atoms with Gasteiger partial charge in [-0.1, -0.05) is 12.1 Å². The maximum absolute atomic E-state index is 14.4. The first-order chi connectivity index (χ1) is 21.8. The van der Waals surface area contributed by atoms with Crippen molar-refractivity contribution in [3.8, 4) is 5.75 Å². The molecule has 0 unspecified atom stereocenters. The molecule has 5 rings (SSSR count). The molecular formula is C33H43N3O9S. The Morgan fingerprint density at radius 1 is 1.09 bits per heavy atom. The van der Waals surface area contributed by atoms with E-state index in [0.717, 1.165) is 9.87 Å². The monoisotopic (exact) mass is 657 g/mol. The number of morpholine rings is 1. The molecule has 0 atom stereocenters. The van der Waals surface area contributed by atoms with Gasteiger partial charge in [0.2, 0.25) is 5.91 Å². The Morgan fingerprint density at radius 3 is 2.48 bits per heavy atom. The third-order valence-electron chi connectivity index (χ3n) is 8.72. The largest absolute Gasteiger partial charge is 0.495 e. The van der Waals surface area contributed by atoms with Crippen LogP contribution in [0.15, 0.2) is 41.3 Å². The van der Waals surface area contributed by atoms with Crippen LogP contribution in [0.4, 0.5) is 5.69 Å². The van der Waals surface area contributed by atoms with Gasteiger partial charge in [-0.2, -0.15) is 0 Å². The molecule has 2 aromatic carbocycles. The highest BCUT2D eigenvalue weighted by Gasteiger charge is 2.56. The van der Waals surface area contributed by atoms with Gasteiger partial charge in [0.1, 0.15) is 17.3 Å². The Bertz CT molecular complexity index is 1590. The SMILES string of the molecule is COCc1ccc2c(c1)C1(CCC(OCCN3CCOCC3=O)CC1)C(=O)N2S(=O)(=O)c1ccc(C(=O)NC(C)(C)C)cc1OC. The highest BCUT2D eigenvalue weighted by molar-refractivity contribution is 7.93. The predicted molar refractivity (Wildman–Crippen MR) is 169 cm³/mol. The number of hydrogen-bond acceptors (Lipinski definition) is 9. The highest BCUT2D eigenvalue weighted by atomic mass is 32.2. The van der Waals surface area contributed by atoms with E-state index in [1.807, 2.05) is 26.8 Å². The van der Waals surface area contributed by atoms with Crippen LogP contribution in [0.1, 0.15) is 67.9 Å². The van der Waals surface area contributed by atoms with Gasteiger partial charge in [0.15, 0.2) is 0 Å². The summed E-state index contributed by atoms with van der Waals surface area (Å²) in [6.45, 7) is 7.81. The van der Waals surface area contributed by atoms with Crippen LogP contribution in [0.3, 0.4) is 0 Å². The van der Waals surface area contributed by atoms with Crippen LogP contribution in [0, 0.1) is 0 Å². The predicted octanol–water partition coefficient (Wildman–Crippen LogP) is 3.16. The van der Waals surface area contributed by atoms with Gasteiger partial charge in [0, 0.05) is 31.3 Å². The molecule has 1 saturated heterocycles. The lowest BCUT2D eigenvalue weighted by Crippen LogP contribution is -2.46. The molecule has 1 N–H and O–H groups in total. The summed E-state index contributed by atoms with van der Waals surface area (Å²) in [6.07, 6.45) is 1.76. The van der Waals surface area contributed by atoms with Crippen molar-refractivity contribution in [3.63, 3.8) is 0 Å². The highest BCUT2D eigenvalue weighted by Crippen LogP contribution is 2.52. The van der Waals surface area contributed by atoms with E-state index in [1.54, 1.807) is 24.1 Å². The number of sulfonamides is 1. The summed E-state index contributed by atoms with van der Waals surface area (Å²) in [6, 6.07) is 9.40. The quantitative estimate of drug-likeness (QED) is 0.408. The zero-order valence-electron chi connectivity index (χ0n) is 27.1. The third-order valence-corrected chi connectivity index (χ3v) is 10.5. The fraction of sp³-hybridized carbons (Fsp3) is 0.545. The molecule has 2 aromatic rings. The van der Waals surface area contributed by atoms with E-state index in [0.29, 0.717) is 69.8 Å². The van der Waals surface area contributed by atoms with Crippen molar-refractivity contribution in [2.75, 3.05) is 51.4 Å². The number of nitrogens with zero attached hydrogens (tertiary/aromatic N) is 2. The normalized spacial score (nSPS) is 21.9. The molecule has 1 spiro atoms. The molecule has 2 aliphatic heterocycles. The van der Waals surface area contributed by atoms with E-state index >= 15 is 0 Å². The average molecular weight is 658 g/mol. The van der Waals surface area contributed by atoms with Gasteiger partial charge >= 0.3 is 0 Å². The molecule has 0 radical (unpaired) electrons. The van der Waals surface area contributed by atoms with E-state index < -0.39 is 26.9 Å². The second kappa shape index (κ2) is 13.3. The van der Waals surface area contributed by atoms with Crippen LogP contribution in [0.5, 0.6) is 5.75 Å². The zero-order valence-corrected chi connectivity index (χ0v) is 27.9. The lowest BCUT2D eigenvalue weighted by molar-refractivity contribution is -0.144. The molecule has 1 aliphatic carbocycles. The summed E-state index contributed by atoms with van der Waals surface area (Å²) in [7, 11) is -1.54. The van der Waals surface area contributed by atoms with Gasteiger partial charge in [0.25, 0.3) is 21.8 Å². The molecule has 13 heteroatoms. The molecule has 250 valence electrons. The zero-order chi connectivity index (χ0) is 33.3. The molecule has 46 heavy (non-hydrogen) atoms. The number of amides is 3. The van der Waals surface area contributed by atoms with Crippen molar-refractivity contribution in [1.82, 2.24) is 10.2 Å². The van der Waals surface area contributed by atoms with Crippen molar-refractivity contribution in [2.24, 2.45) is 0 Å². The van der Waals surface area contributed by atoms with E-state index in [4.69, 9.17) is 18.9 Å². The third kappa shape index (κ3) is 6.64. The maximum atomic E-state index is 14.4. The lowest BCUT2D eigenvalue weighted by atomic mass is 9.69. The number of anilines is 1. The summed E-state index contributed by atoms with van der Waals surface area (Å²) in [5.41, 5.74) is 0.442. The number of ether oxygens (including phenoxy) is 4. The fourth-order valence-electron chi connectivity index (χ4n) is 6.44. The van der Waals surface area contributed by atoms with Gasteiger partial charge in [-0.15, -0.1) is 0 Å². The molecule has 3 amide bonds. The van der Waals surface area contributed by atoms with Crippen molar-refractivity contribution >= 4 is 33.4 Å². The number of fused-ring (bicyclic) bond motifs is 2. The minimum Gasteiger partial charge on any atom is -0.495 e. The second-order valence-corrected chi connectivity index (χ2v) is 14.8. The molecular weight excluding hydrogens is 614 g/mol. The van der Waals surface area contributed by atoms with Gasteiger partial charge in [0.05, 0.1) is 44.1 Å². The summed E-state index contributed by atoms with van der Waals surface area (Å²) < 4.78 is 51.7. The molecule has 1 saturated carbocycles. The number of hydrogen-bond donors (Lipinski definition) is 1. The first kappa shape index (κ1) is 33.8. The van der Waals surface area contributed by atoms with Gasteiger partial charge in [-0.25, -0.2) is 12.7 Å². The Balaban J connectivity index is 1.41. The summed E-state index contributed by atoms with van der Waals surface area (Å²) >= 11 is 0. The number of rotatable bonds is 10. The van der Waals surface area contributed by atoms with Crippen molar-refractivity contribution in [2.45, 2.75) is 75.0 Å². The number of carbonyl (C=O) groups excluding carboxylic acids is 3. The smallest absolute Gasteiger partial charge is 0.274 e. The van der Waals surface area contributed by atoms with Crippen LogP contribution in [0.25, 0.3) is 0 Å². The molecule has 12 nitrogen and oxygen atoms in total. The Labute approximate surface area is 270 Å². The Morgan fingerprint density at radius 2 is 1.83 bits per heavy atom. The van der Waals surface area contributed by atoms with Crippen molar-refractivity contribution < 1.29 is 41.7 Å². The average Bonchev–Trinajstić information content (AvgIpc) is 3.25. The topological polar surface area (TPSA) is 141 Å². The molecule has 3 aliphatic rings. The number of nitrogens with one attached hydrogen (secondary N) is 1. The van der Waals surface area contributed by atoms with Crippen LogP contribution in [-0.4, -0.2) is 89.8 Å². The lowest BCUT2D eigenvalue weighted by Gasteiger charge is -2.36. The van der Waals surface area contributed by atoms with Crippen molar-refractivity contribution in [3.05, 3.63) is 53.1 Å². The number of benzene rings is 2. The van der Waals surface area contributed by atoms with Gasteiger partial charge in [-0.05, 0) is 81.8 Å². The van der Waals surface area contributed by atoms with E-state index in [9.17, 15) is 22.8 Å². The van der Waals surface area contributed by atoms with E-state index in [-0.39, 0.29) is 40.7 Å². The molecule has 2 heterocycles. The fourth-order valence-corrected chi connectivity index (χ4v) is 8.09. The minimum absolute atomic E-state index is 0.0382. The Hall–Kier alpha value is -3.52. The van der Waals surface area contributed by atoms with Crippen LogP contribution in [0.2, 0.25) is 0 Å². The Kier molecular flexibility index (Phi) is 9.78.